The summed E-state index contributed by atoms with van der Waals surface area (Å²) < 4.78 is 35.1. The van der Waals surface area contributed by atoms with Crippen LogP contribution in [-0.4, -0.2) is 39.4 Å². The third-order valence-corrected chi connectivity index (χ3v) is 4.77. The fourth-order valence-corrected chi connectivity index (χ4v) is 2.96. The second-order valence-electron chi connectivity index (χ2n) is 7.01. The predicted molar refractivity (Wildman–Crippen MR) is 128 cm³/mol. The standard InChI is InChI=1S/C25H24FN3O6/c1-32-18-9-11-21(33-2)20(13-18)28-24(30)25(31)29-27-14-16-8-10-22(23(12-16)34-3)35-15-17-6-4-5-7-19(17)26/h4-14H,15H2,1-3H3,(H,28,30)(H,29,31). The molecule has 0 fully saturated rings. The highest BCUT2D eigenvalue weighted by Gasteiger charge is 2.16. The lowest BCUT2D eigenvalue weighted by Gasteiger charge is -2.12. The number of nitrogens with one attached hydrogen (secondary N) is 2. The van der Waals surface area contributed by atoms with Crippen molar-refractivity contribution in [1.82, 2.24) is 5.43 Å². The van der Waals surface area contributed by atoms with Crippen LogP contribution >= 0.6 is 0 Å². The zero-order valence-electron chi connectivity index (χ0n) is 19.3. The molecule has 0 saturated carbocycles. The van der Waals surface area contributed by atoms with Crippen molar-refractivity contribution >= 4 is 23.7 Å². The maximum atomic E-state index is 13.8. The van der Waals surface area contributed by atoms with E-state index < -0.39 is 11.8 Å². The average molecular weight is 481 g/mol. The van der Waals surface area contributed by atoms with Gasteiger partial charge in [-0.05, 0) is 42.0 Å². The number of amides is 2. The molecule has 2 N–H and O–H groups in total. The number of hydrazone groups is 1. The second-order valence-corrected chi connectivity index (χ2v) is 7.01. The van der Waals surface area contributed by atoms with Crippen molar-refractivity contribution in [3.8, 4) is 23.0 Å². The number of hydrogen-bond donors (Lipinski definition) is 2. The molecule has 10 heteroatoms. The number of rotatable bonds is 9. The van der Waals surface area contributed by atoms with Crippen molar-refractivity contribution in [2.24, 2.45) is 5.10 Å². The minimum absolute atomic E-state index is 0.0275. The number of carbonyl (C=O) groups excluding carboxylic acids is 2. The molecule has 3 rings (SSSR count). The first-order valence-electron chi connectivity index (χ1n) is 10.4. The van der Waals surface area contributed by atoms with Gasteiger partial charge in [0.05, 0.1) is 33.2 Å². The average Bonchev–Trinajstić information content (AvgIpc) is 2.88. The van der Waals surface area contributed by atoms with Gasteiger partial charge in [-0.1, -0.05) is 18.2 Å². The van der Waals surface area contributed by atoms with Gasteiger partial charge >= 0.3 is 11.8 Å². The van der Waals surface area contributed by atoms with E-state index in [1.807, 2.05) is 0 Å². The molecule has 0 aliphatic heterocycles. The molecule has 3 aromatic rings. The second kappa shape index (κ2) is 12.0. The van der Waals surface area contributed by atoms with Crippen LogP contribution in [-0.2, 0) is 16.2 Å². The first-order valence-corrected chi connectivity index (χ1v) is 10.4. The van der Waals surface area contributed by atoms with Gasteiger partial charge in [0.1, 0.15) is 23.9 Å². The van der Waals surface area contributed by atoms with Crippen molar-refractivity contribution in [2.75, 3.05) is 26.6 Å². The highest BCUT2D eigenvalue weighted by molar-refractivity contribution is 6.39. The van der Waals surface area contributed by atoms with Crippen molar-refractivity contribution in [1.29, 1.82) is 0 Å². The summed E-state index contributed by atoms with van der Waals surface area (Å²) >= 11 is 0. The molecule has 0 spiro atoms. The molecular weight excluding hydrogens is 457 g/mol. The van der Waals surface area contributed by atoms with Crippen LogP contribution in [0.25, 0.3) is 0 Å². The third-order valence-electron chi connectivity index (χ3n) is 4.77. The third kappa shape index (κ3) is 6.70. The van der Waals surface area contributed by atoms with E-state index in [-0.39, 0.29) is 18.1 Å². The van der Waals surface area contributed by atoms with Crippen LogP contribution in [0.1, 0.15) is 11.1 Å². The number of ether oxygens (including phenoxy) is 4. The van der Waals surface area contributed by atoms with Crippen LogP contribution in [0.2, 0.25) is 0 Å². The Labute approximate surface area is 201 Å². The lowest BCUT2D eigenvalue weighted by molar-refractivity contribution is -0.136. The predicted octanol–water partition coefficient (Wildman–Crippen LogP) is 3.52. The summed E-state index contributed by atoms with van der Waals surface area (Å²) in [5, 5.41) is 6.25. The molecular formula is C25H24FN3O6. The van der Waals surface area contributed by atoms with Crippen LogP contribution in [0.5, 0.6) is 23.0 Å². The van der Waals surface area contributed by atoms with E-state index in [1.54, 1.807) is 48.5 Å². The Morgan fingerprint density at radius 3 is 2.34 bits per heavy atom. The van der Waals surface area contributed by atoms with Crippen LogP contribution < -0.4 is 29.7 Å². The zero-order chi connectivity index (χ0) is 25.2. The molecule has 0 unspecified atom stereocenters. The van der Waals surface area contributed by atoms with Gasteiger partial charge in [-0.25, -0.2) is 9.82 Å². The lowest BCUT2D eigenvalue weighted by atomic mass is 10.2. The summed E-state index contributed by atoms with van der Waals surface area (Å²) in [6.45, 7) is 0.0275. The lowest BCUT2D eigenvalue weighted by Crippen LogP contribution is -2.32. The van der Waals surface area contributed by atoms with E-state index in [9.17, 15) is 14.0 Å². The molecule has 0 bridgehead atoms. The summed E-state index contributed by atoms with van der Waals surface area (Å²) in [4.78, 5) is 24.4. The highest BCUT2D eigenvalue weighted by Crippen LogP contribution is 2.29. The molecule has 0 saturated heterocycles. The van der Waals surface area contributed by atoms with E-state index in [0.29, 0.717) is 34.1 Å². The van der Waals surface area contributed by atoms with E-state index in [4.69, 9.17) is 18.9 Å². The molecule has 0 heterocycles. The van der Waals surface area contributed by atoms with Gasteiger partial charge < -0.3 is 24.3 Å². The number of anilines is 1. The van der Waals surface area contributed by atoms with Gasteiger partial charge in [0.25, 0.3) is 0 Å². The van der Waals surface area contributed by atoms with E-state index in [2.05, 4.69) is 15.8 Å². The Hall–Kier alpha value is -4.60. The van der Waals surface area contributed by atoms with Gasteiger partial charge in [-0.15, -0.1) is 0 Å². The number of benzene rings is 3. The summed E-state index contributed by atoms with van der Waals surface area (Å²) in [6.07, 6.45) is 1.33. The van der Waals surface area contributed by atoms with Gasteiger partial charge in [0, 0.05) is 11.6 Å². The van der Waals surface area contributed by atoms with Crippen LogP contribution in [0, 0.1) is 5.82 Å². The number of halogens is 1. The van der Waals surface area contributed by atoms with Gasteiger partial charge in [0.2, 0.25) is 0 Å². The summed E-state index contributed by atoms with van der Waals surface area (Å²) in [5.74, 6) is -0.649. The molecule has 0 aliphatic rings. The number of hydrogen-bond acceptors (Lipinski definition) is 7. The molecule has 9 nitrogen and oxygen atoms in total. The molecule has 0 aromatic heterocycles. The van der Waals surface area contributed by atoms with E-state index in [0.717, 1.165) is 0 Å². The maximum Gasteiger partial charge on any atom is 0.329 e. The summed E-state index contributed by atoms with van der Waals surface area (Å²) in [5.41, 5.74) is 3.40. The number of methoxy groups -OCH3 is 3. The molecule has 0 aliphatic carbocycles. The fourth-order valence-electron chi connectivity index (χ4n) is 2.96. The molecule has 182 valence electrons. The normalized spacial score (nSPS) is 10.5. The Morgan fingerprint density at radius 2 is 1.63 bits per heavy atom. The topological polar surface area (TPSA) is 107 Å². The van der Waals surface area contributed by atoms with Crippen LogP contribution in [0.15, 0.2) is 65.8 Å². The Bertz CT molecular complexity index is 1230. The summed E-state index contributed by atoms with van der Waals surface area (Å²) in [6, 6.07) is 16.0. The molecule has 3 aromatic carbocycles. The first kappa shape index (κ1) is 25.0. The van der Waals surface area contributed by atoms with E-state index in [1.165, 1.54) is 39.7 Å². The Morgan fingerprint density at radius 1 is 0.886 bits per heavy atom. The van der Waals surface area contributed by atoms with Gasteiger partial charge in [0.15, 0.2) is 11.5 Å². The Balaban J connectivity index is 1.60. The molecule has 2 amide bonds. The largest absolute Gasteiger partial charge is 0.497 e. The van der Waals surface area contributed by atoms with Crippen molar-refractivity contribution < 1.29 is 32.9 Å². The van der Waals surface area contributed by atoms with Crippen LogP contribution in [0.4, 0.5) is 10.1 Å². The highest BCUT2D eigenvalue weighted by atomic mass is 19.1. The fraction of sp³-hybridized carbons (Fsp3) is 0.160. The van der Waals surface area contributed by atoms with Crippen LogP contribution in [0.3, 0.4) is 0 Å². The summed E-state index contributed by atoms with van der Waals surface area (Å²) in [7, 11) is 4.38. The van der Waals surface area contributed by atoms with E-state index >= 15 is 0 Å². The molecule has 0 radical (unpaired) electrons. The minimum Gasteiger partial charge on any atom is -0.497 e. The minimum atomic E-state index is -0.983. The number of nitrogens with zero attached hydrogens (tertiary/aromatic N) is 1. The maximum absolute atomic E-state index is 13.8. The number of carbonyl (C=O) groups is 2. The van der Waals surface area contributed by atoms with Crippen molar-refractivity contribution in [2.45, 2.75) is 6.61 Å². The van der Waals surface area contributed by atoms with Crippen molar-refractivity contribution in [3.05, 3.63) is 77.6 Å². The quantitative estimate of drug-likeness (QED) is 0.275. The van der Waals surface area contributed by atoms with Gasteiger partial charge in [-0.2, -0.15) is 5.10 Å². The first-order chi connectivity index (χ1) is 16.9. The van der Waals surface area contributed by atoms with Gasteiger partial charge in [-0.3, -0.25) is 9.59 Å². The monoisotopic (exact) mass is 481 g/mol. The Kier molecular flexibility index (Phi) is 8.60. The van der Waals surface area contributed by atoms with Crippen molar-refractivity contribution in [3.63, 3.8) is 0 Å². The SMILES string of the molecule is COc1ccc(OC)c(NC(=O)C(=O)NN=Cc2ccc(OCc3ccccc3F)c(OC)c2)c1. The smallest absolute Gasteiger partial charge is 0.329 e. The zero-order valence-corrected chi connectivity index (χ0v) is 19.3. The molecule has 35 heavy (non-hydrogen) atoms. The molecule has 0 atom stereocenters.